The molecule has 0 spiro atoms. The third-order valence-corrected chi connectivity index (χ3v) is 6.16. The van der Waals surface area contributed by atoms with Gasteiger partial charge in [0.25, 0.3) is 0 Å². The molecular weight excluding hydrogens is 375 g/mol. The summed E-state index contributed by atoms with van der Waals surface area (Å²) < 4.78 is 24.2. The number of hydrogen-bond acceptors (Lipinski definition) is 11. The second-order valence-corrected chi connectivity index (χ2v) is 8.04. The van der Waals surface area contributed by atoms with Crippen LogP contribution in [0.2, 0.25) is 0 Å². The summed E-state index contributed by atoms with van der Waals surface area (Å²) in [7, 11) is -1.60. The molecule has 1 aromatic rings. The number of nitrogens with two attached hydrogens (primary N) is 1. The Morgan fingerprint density at radius 2 is 2.04 bits per heavy atom. The first-order valence-corrected chi connectivity index (χ1v) is 10.2. The van der Waals surface area contributed by atoms with Gasteiger partial charge in [-0.25, -0.2) is 14.7 Å². The first kappa shape index (κ1) is 19.8. The van der Waals surface area contributed by atoms with E-state index < -0.39 is 20.0 Å². The molecule has 12 nitrogen and oxygen atoms in total. The highest BCUT2D eigenvalue weighted by Gasteiger charge is 2.39. The monoisotopic (exact) mass is 398 g/mol. The zero-order chi connectivity index (χ0) is 19.6. The molecule has 0 aromatic carbocycles. The highest BCUT2D eigenvalue weighted by Crippen LogP contribution is 2.49. The molecule has 0 aliphatic carbocycles. The molecule has 148 valence electrons. The summed E-state index contributed by atoms with van der Waals surface area (Å²) in [5.41, 5.74) is 6.92. The molecule has 3 heterocycles. The summed E-state index contributed by atoms with van der Waals surface area (Å²) in [5.74, 6) is 0.311. The van der Waals surface area contributed by atoms with Gasteiger partial charge in [-0.2, -0.15) is 0 Å². The Morgan fingerprint density at radius 1 is 1.33 bits per heavy atom. The topological polar surface area (TPSA) is 153 Å². The third-order valence-electron chi connectivity index (χ3n) is 4.08. The van der Waals surface area contributed by atoms with Crippen molar-refractivity contribution in [2.75, 3.05) is 26.4 Å². The smallest absolute Gasteiger partial charge is 0.335 e. The Bertz CT molecular complexity index is 812. The molecule has 2 aliphatic rings. The maximum atomic E-state index is 12.6. The number of rotatable bonds is 8. The van der Waals surface area contributed by atoms with Gasteiger partial charge in [0.05, 0.1) is 25.6 Å². The van der Waals surface area contributed by atoms with E-state index in [1.807, 2.05) is 11.9 Å². The number of amidine groups is 1. The Labute approximate surface area is 156 Å². The molecule has 13 heteroatoms. The van der Waals surface area contributed by atoms with Gasteiger partial charge in [-0.1, -0.05) is 5.21 Å². The lowest BCUT2D eigenvalue weighted by Crippen LogP contribution is -2.40. The molecule has 3 N–H and O–H groups in total. The predicted octanol–water partition coefficient (Wildman–Crippen LogP) is 0.145. The first-order valence-electron chi connectivity index (χ1n) is 8.51. The van der Waals surface area contributed by atoms with E-state index in [4.69, 9.17) is 14.8 Å². The molecule has 0 bridgehead atoms. The molecule has 1 aromatic heterocycles. The van der Waals surface area contributed by atoms with Gasteiger partial charge in [0.15, 0.2) is 18.6 Å². The molecule has 2 aliphatic heterocycles. The van der Waals surface area contributed by atoms with Crippen molar-refractivity contribution in [2.45, 2.75) is 32.4 Å². The Balaban J connectivity index is 1.76. The summed E-state index contributed by atoms with van der Waals surface area (Å²) in [6.45, 7) is 3.83. The molecular formula is C14H23N8O4P. The predicted molar refractivity (Wildman–Crippen MR) is 98.8 cm³/mol. The highest BCUT2D eigenvalue weighted by molar-refractivity contribution is 7.53. The Hall–Kier alpha value is -1.98. The van der Waals surface area contributed by atoms with E-state index in [1.165, 1.54) is 17.2 Å². The van der Waals surface area contributed by atoms with Crippen LogP contribution < -0.4 is 5.73 Å². The van der Waals surface area contributed by atoms with Gasteiger partial charge in [-0.05, 0) is 20.9 Å². The number of hydrogen-bond donors (Lipinski definition) is 2. The summed E-state index contributed by atoms with van der Waals surface area (Å²) in [5, 5.41) is 18.4. The average molecular weight is 398 g/mol. The number of aromatic nitrogens is 3. The molecule has 0 amide bonds. The minimum atomic E-state index is -3.43. The van der Waals surface area contributed by atoms with E-state index in [2.05, 4.69) is 25.3 Å². The quantitative estimate of drug-likeness (QED) is 0.587. The van der Waals surface area contributed by atoms with Gasteiger partial charge in [-0.3, -0.25) is 14.5 Å². The van der Waals surface area contributed by atoms with Crippen molar-refractivity contribution in [3.8, 4) is 0 Å². The van der Waals surface area contributed by atoms with Crippen LogP contribution in [0.25, 0.3) is 0 Å². The molecule has 0 saturated heterocycles. The second-order valence-electron chi connectivity index (χ2n) is 5.94. The van der Waals surface area contributed by atoms with Gasteiger partial charge in [0.1, 0.15) is 23.6 Å². The number of nitrogens with zero attached hydrogens (tertiary/aromatic N) is 7. The molecule has 3 atom stereocenters. The lowest BCUT2D eigenvalue weighted by molar-refractivity contribution is 0.0989. The van der Waals surface area contributed by atoms with Crippen LogP contribution in [0.15, 0.2) is 21.2 Å². The van der Waals surface area contributed by atoms with Crippen molar-refractivity contribution in [3.63, 3.8) is 0 Å². The van der Waals surface area contributed by atoms with Crippen molar-refractivity contribution in [3.05, 3.63) is 11.9 Å². The van der Waals surface area contributed by atoms with Gasteiger partial charge < -0.3 is 19.9 Å². The zero-order valence-corrected chi connectivity index (χ0v) is 16.2. The molecule has 0 radical (unpaired) electrons. The standard InChI is InChI=1S/C14H23N8O4P/c1-4-25-27(24,26-5-2)7-10(23)22-6-9(19-20-22)13-18-11-12(15)16-8-17-14(11)21(13)3/h6,8,10,13-14,23H,4-5,7H2,1-3H3,(H2,15,16,17). The molecule has 27 heavy (non-hydrogen) atoms. The number of aliphatic hydroxyl groups is 1. The van der Waals surface area contributed by atoms with E-state index >= 15 is 0 Å². The molecule has 3 rings (SSSR count). The normalized spacial score (nSPS) is 23.9. The largest absolute Gasteiger partial charge is 0.382 e. The van der Waals surface area contributed by atoms with Gasteiger partial charge in [-0.15, -0.1) is 5.10 Å². The minimum absolute atomic E-state index is 0.210. The lowest BCUT2D eigenvalue weighted by Gasteiger charge is -2.22. The SMILES string of the molecule is CCOP(=O)(CC(O)n1cc(C2N=C3C(N)=NC=NC3N2C)nn1)OCC. The minimum Gasteiger partial charge on any atom is -0.382 e. The van der Waals surface area contributed by atoms with E-state index in [1.54, 1.807) is 13.8 Å². The molecule has 0 saturated carbocycles. The number of aliphatic hydroxyl groups excluding tert-OH is 1. The molecule has 0 fully saturated rings. The lowest BCUT2D eigenvalue weighted by atomic mass is 10.2. The average Bonchev–Trinajstić information content (AvgIpc) is 3.21. The summed E-state index contributed by atoms with van der Waals surface area (Å²) >= 11 is 0. The maximum Gasteiger partial charge on any atom is 0.335 e. The fourth-order valence-corrected chi connectivity index (χ4v) is 4.50. The fourth-order valence-electron chi connectivity index (χ4n) is 2.86. The highest BCUT2D eigenvalue weighted by atomic mass is 31.2. The van der Waals surface area contributed by atoms with Crippen molar-refractivity contribution < 1.29 is 18.7 Å². The van der Waals surface area contributed by atoms with Crippen LogP contribution in [0.4, 0.5) is 0 Å². The maximum absolute atomic E-state index is 12.6. The van der Waals surface area contributed by atoms with Crippen LogP contribution in [0, 0.1) is 0 Å². The number of fused-ring (bicyclic) bond motifs is 1. The van der Waals surface area contributed by atoms with Crippen LogP contribution in [0.5, 0.6) is 0 Å². The first-order chi connectivity index (χ1) is 12.9. The van der Waals surface area contributed by atoms with Crippen molar-refractivity contribution >= 4 is 25.5 Å². The summed E-state index contributed by atoms with van der Waals surface area (Å²) in [4.78, 5) is 14.6. The zero-order valence-electron chi connectivity index (χ0n) is 15.3. The molecule has 3 unspecified atom stereocenters. The van der Waals surface area contributed by atoms with Gasteiger partial charge in [0.2, 0.25) is 0 Å². The summed E-state index contributed by atoms with van der Waals surface area (Å²) in [6.07, 6.45) is 0.670. The van der Waals surface area contributed by atoms with Crippen molar-refractivity contribution in [1.29, 1.82) is 0 Å². The Morgan fingerprint density at radius 3 is 2.67 bits per heavy atom. The fraction of sp³-hybridized carbons (Fsp3) is 0.643. The van der Waals surface area contributed by atoms with Crippen LogP contribution in [-0.4, -0.2) is 75.5 Å². The third kappa shape index (κ3) is 3.99. The van der Waals surface area contributed by atoms with E-state index in [-0.39, 0.29) is 25.5 Å². The van der Waals surface area contributed by atoms with E-state index in [0.29, 0.717) is 17.2 Å². The van der Waals surface area contributed by atoms with Crippen molar-refractivity contribution in [2.24, 2.45) is 20.7 Å². The van der Waals surface area contributed by atoms with Crippen LogP contribution in [-0.2, 0) is 13.6 Å². The Kier molecular flexibility index (Phi) is 5.82. The van der Waals surface area contributed by atoms with Crippen LogP contribution >= 0.6 is 7.60 Å². The summed E-state index contributed by atoms with van der Waals surface area (Å²) in [6, 6.07) is 0. The van der Waals surface area contributed by atoms with E-state index in [0.717, 1.165) is 0 Å². The van der Waals surface area contributed by atoms with Gasteiger partial charge in [0, 0.05) is 0 Å². The second kappa shape index (κ2) is 7.95. The van der Waals surface area contributed by atoms with E-state index in [9.17, 15) is 9.67 Å². The van der Waals surface area contributed by atoms with Crippen LogP contribution in [0.3, 0.4) is 0 Å². The van der Waals surface area contributed by atoms with Crippen LogP contribution in [0.1, 0.15) is 31.9 Å². The number of aliphatic imine (C=N–C) groups is 3. The van der Waals surface area contributed by atoms with Gasteiger partial charge >= 0.3 is 7.60 Å². The van der Waals surface area contributed by atoms with Crippen molar-refractivity contribution in [1.82, 2.24) is 19.9 Å².